The van der Waals surface area contributed by atoms with Crippen LogP contribution in [0.2, 0.25) is 5.02 Å². The number of methoxy groups -OCH3 is 1. The van der Waals surface area contributed by atoms with Crippen molar-refractivity contribution in [2.75, 3.05) is 7.11 Å². The van der Waals surface area contributed by atoms with Crippen molar-refractivity contribution in [3.8, 4) is 5.75 Å². The molecule has 0 radical (unpaired) electrons. The Kier molecular flexibility index (Phi) is 5.14. The molecule has 2 aromatic carbocycles. The second kappa shape index (κ2) is 6.65. The average Bonchev–Trinajstić information content (AvgIpc) is 2.41. The minimum absolute atomic E-state index is 0.145. The van der Waals surface area contributed by atoms with Crippen molar-refractivity contribution >= 4 is 39.1 Å². The summed E-state index contributed by atoms with van der Waals surface area (Å²) in [4.78, 5) is 0. The minimum atomic E-state index is -0.145. The summed E-state index contributed by atoms with van der Waals surface area (Å²) in [7, 11) is 1.62. The van der Waals surface area contributed by atoms with E-state index in [4.69, 9.17) is 27.9 Å². The maximum atomic E-state index is 6.48. The molecule has 0 aliphatic heterocycles. The number of halogens is 3. The molecular weight excluding hydrogens is 347 g/mol. The molecule has 0 N–H and O–H groups in total. The maximum absolute atomic E-state index is 6.48. The van der Waals surface area contributed by atoms with Crippen LogP contribution in [0.5, 0.6) is 5.75 Å². The van der Waals surface area contributed by atoms with E-state index in [1.807, 2.05) is 24.3 Å². The molecule has 0 fully saturated rings. The van der Waals surface area contributed by atoms with Crippen molar-refractivity contribution in [3.05, 3.63) is 63.1 Å². The first-order valence-corrected chi connectivity index (χ1v) is 7.43. The highest BCUT2D eigenvalue weighted by Crippen LogP contribution is 2.34. The molecule has 1 atom stereocenters. The normalized spacial score (nSPS) is 12.2. The van der Waals surface area contributed by atoms with Gasteiger partial charge in [0.15, 0.2) is 0 Å². The number of ether oxygens (including phenoxy) is 1. The first-order chi connectivity index (χ1) is 9.10. The molecule has 0 spiro atoms. The minimum Gasteiger partial charge on any atom is -0.496 e. The summed E-state index contributed by atoms with van der Waals surface area (Å²) in [5.74, 6) is 0.726. The van der Waals surface area contributed by atoms with Gasteiger partial charge < -0.3 is 4.74 Å². The highest BCUT2D eigenvalue weighted by atomic mass is 79.9. The van der Waals surface area contributed by atoms with Crippen molar-refractivity contribution in [1.29, 1.82) is 0 Å². The zero-order chi connectivity index (χ0) is 13.8. The molecule has 0 aromatic heterocycles. The van der Waals surface area contributed by atoms with E-state index in [1.54, 1.807) is 13.2 Å². The summed E-state index contributed by atoms with van der Waals surface area (Å²) in [6, 6.07) is 13.7. The molecule has 0 aliphatic rings. The van der Waals surface area contributed by atoms with Crippen LogP contribution in [0.1, 0.15) is 16.5 Å². The summed E-state index contributed by atoms with van der Waals surface area (Å²) in [5.41, 5.74) is 2.14. The van der Waals surface area contributed by atoms with Gasteiger partial charge >= 0.3 is 0 Å². The lowest BCUT2D eigenvalue weighted by atomic mass is 10.0. The van der Waals surface area contributed by atoms with Gasteiger partial charge in [-0.25, -0.2) is 0 Å². The fourth-order valence-electron chi connectivity index (χ4n) is 1.88. The summed E-state index contributed by atoms with van der Waals surface area (Å²) in [6.07, 6.45) is 0.743. The van der Waals surface area contributed by atoms with Gasteiger partial charge in [0.25, 0.3) is 0 Å². The zero-order valence-electron chi connectivity index (χ0n) is 10.4. The molecule has 0 aliphatic carbocycles. The van der Waals surface area contributed by atoms with E-state index >= 15 is 0 Å². The largest absolute Gasteiger partial charge is 0.496 e. The van der Waals surface area contributed by atoms with Gasteiger partial charge in [-0.3, -0.25) is 0 Å². The van der Waals surface area contributed by atoms with Crippen LogP contribution < -0.4 is 4.74 Å². The first kappa shape index (κ1) is 14.7. The fraction of sp³-hybridized carbons (Fsp3) is 0.200. The standard InChI is InChI=1S/C15H13BrCl2O/c1-19-15-9-12(17)6-7-13(15)14(18)8-10-2-4-11(16)5-3-10/h2-7,9,14H,8H2,1H3. The third-order valence-corrected chi connectivity index (χ3v) is 4.01. The lowest BCUT2D eigenvalue weighted by Gasteiger charge is -2.14. The van der Waals surface area contributed by atoms with Gasteiger partial charge in [-0.05, 0) is 36.2 Å². The Bertz CT molecular complexity index is 555. The van der Waals surface area contributed by atoms with E-state index in [9.17, 15) is 0 Å². The summed E-state index contributed by atoms with van der Waals surface area (Å²) in [5, 5.41) is 0.501. The lowest BCUT2D eigenvalue weighted by molar-refractivity contribution is 0.409. The number of hydrogen-bond donors (Lipinski definition) is 0. The number of benzene rings is 2. The predicted molar refractivity (Wildman–Crippen MR) is 84.4 cm³/mol. The second-order valence-corrected chi connectivity index (χ2v) is 6.06. The third-order valence-electron chi connectivity index (χ3n) is 2.86. The van der Waals surface area contributed by atoms with Gasteiger partial charge in [0.05, 0.1) is 12.5 Å². The van der Waals surface area contributed by atoms with Crippen LogP contribution in [0, 0.1) is 0 Å². The molecule has 0 heterocycles. The van der Waals surface area contributed by atoms with Gasteiger partial charge in [0.2, 0.25) is 0 Å². The predicted octanol–water partition coefficient (Wildman–Crippen LogP) is 5.63. The van der Waals surface area contributed by atoms with Crippen LogP contribution in [-0.2, 0) is 6.42 Å². The molecule has 4 heteroatoms. The molecule has 0 saturated heterocycles. The van der Waals surface area contributed by atoms with Crippen molar-refractivity contribution in [2.45, 2.75) is 11.8 Å². The Labute approximate surface area is 131 Å². The van der Waals surface area contributed by atoms with Gasteiger partial charge in [-0.1, -0.05) is 45.7 Å². The van der Waals surface area contributed by atoms with E-state index < -0.39 is 0 Å². The summed E-state index contributed by atoms with van der Waals surface area (Å²) in [6.45, 7) is 0. The van der Waals surface area contributed by atoms with E-state index in [1.165, 1.54) is 5.56 Å². The van der Waals surface area contributed by atoms with Crippen LogP contribution in [0.15, 0.2) is 46.9 Å². The van der Waals surface area contributed by atoms with Crippen LogP contribution in [0.4, 0.5) is 0 Å². The smallest absolute Gasteiger partial charge is 0.125 e. The number of hydrogen-bond acceptors (Lipinski definition) is 1. The van der Waals surface area contributed by atoms with Gasteiger partial charge in [-0.2, -0.15) is 0 Å². The number of alkyl halides is 1. The molecule has 2 aromatic rings. The topological polar surface area (TPSA) is 9.23 Å². The first-order valence-electron chi connectivity index (χ1n) is 5.82. The van der Waals surface area contributed by atoms with E-state index in [-0.39, 0.29) is 5.38 Å². The average molecular weight is 360 g/mol. The Morgan fingerprint density at radius 3 is 2.47 bits per heavy atom. The third kappa shape index (κ3) is 3.88. The highest BCUT2D eigenvalue weighted by molar-refractivity contribution is 9.10. The van der Waals surface area contributed by atoms with Crippen molar-refractivity contribution in [2.24, 2.45) is 0 Å². The Hall–Kier alpha value is -0.700. The highest BCUT2D eigenvalue weighted by Gasteiger charge is 2.14. The van der Waals surface area contributed by atoms with Gasteiger partial charge in [0, 0.05) is 15.1 Å². The molecule has 100 valence electrons. The Morgan fingerprint density at radius 1 is 1.16 bits per heavy atom. The number of rotatable bonds is 4. The van der Waals surface area contributed by atoms with Crippen LogP contribution in [0.3, 0.4) is 0 Å². The van der Waals surface area contributed by atoms with E-state index in [0.717, 1.165) is 22.2 Å². The summed E-state index contributed by atoms with van der Waals surface area (Å²) < 4.78 is 6.39. The quantitative estimate of drug-likeness (QED) is 0.642. The van der Waals surface area contributed by atoms with Gasteiger partial charge in [0.1, 0.15) is 5.75 Å². The van der Waals surface area contributed by atoms with E-state index in [2.05, 4.69) is 28.1 Å². The molecule has 19 heavy (non-hydrogen) atoms. The SMILES string of the molecule is COc1cc(Cl)ccc1C(Cl)Cc1ccc(Br)cc1. The Balaban J connectivity index is 2.19. The second-order valence-electron chi connectivity index (χ2n) is 4.18. The Morgan fingerprint density at radius 2 is 1.84 bits per heavy atom. The van der Waals surface area contributed by atoms with Gasteiger partial charge in [-0.15, -0.1) is 11.6 Å². The lowest BCUT2D eigenvalue weighted by Crippen LogP contribution is -1.99. The monoisotopic (exact) mass is 358 g/mol. The molecule has 2 rings (SSSR count). The molecule has 0 amide bonds. The summed E-state index contributed by atoms with van der Waals surface area (Å²) >= 11 is 15.9. The van der Waals surface area contributed by atoms with E-state index in [0.29, 0.717) is 5.02 Å². The van der Waals surface area contributed by atoms with Crippen molar-refractivity contribution in [3.63, 3.8) is 0 Å². The fourth-order valence-corrected chi connectivity index (χ4v) is 2.67. The molecule has 0 saturated carbocycles. The maximum Gasteiger partial charge on any atom is 0.125 e. The molecule has 0 bridgehead atoms. The van der Waals surface area contributed by atoms with Crippen LogP contribution in [0.25, 0.3) is 0 Å². The van der Waals surface area contributed by atoms with Crippen LogP contribution >= 0.6 is 39.1 Å². The van der Waals surface area contributed by atoms with Crippen molar-refractivity contribution in [1.82, 2.24) is 0 Å². The molecule has 1 unspecified atom stereocenters. The van der Waals surface area contributed by atoms with Crippen LogP contribution in [-0.4, -0.2) is 7.11 Å². The molecular formula is C15H13BrCl2O. The zero-order valence-corrected chi connectivity index (χ0v) is 13.5. The van der Waals surface area contributed by atoms with Crippen molar-refractivity contribution < 1.29 is 4.74 Å². The molecule has 1 nitrogen and oxygen atoms in total.